The van der Waals surface area contributed by atoms with Crippen LogP contribution in [0.2, 0.25) is 0 Å². The smallest absolute Gasteiger partial charge is 0.322 e. The third-order valence-corrected chi connectivity index (χ3v) is 5.53. The molecule has 2 aliphatic rings. The molecule has 0 aliphatic carbocycles. The maximum atomic E-state index is 11.5. The van der Waals surface area contributed by atoms with Crippen LogP contribution in [-0.2, 0) is 11.3 Å². The van der Waals surface area contributed by atoms with Crippen molar-refractivity contribution in [2.45, 2.75) is 12.6 Å². The molecular formula is C28H25N5O4. The summed E-state index contributed by atoms with van der Waals surface area (Å²) in [7, 11) is 3.40. The maximum absolute atomic E-state index is 11.5. The number of nitrogens with one attached hydrogen (secondary N) is 3. The Kier molecular flexibility index (Phi) is 7.81. The molecule has 0 saturated carbocycles. The van der Waals surface area contributed by atoms with Crippen molar-refractivity contribution in [1.29, 1.82) is 0 Å². The van der Waals surface area contributed by atoms with E-state index in [2.05, 4.69) is 33.0 Å². The van der Waals surface area contributed by atoms with Crippen molar-refractivity contribution in [2.75, 3.05) is 19.6 Å². The lowest BCUT2D eigenvalue weighted by Crippen LogP contribution is -2.26. The summed E-state index contributed by atoms with van der Waals surface area (Å²) in [5, 5.41) is 8.72. The summed E-state index contributed by atoms with van der Waals surface area (Å²) in [6.07, 6.45) is 1.70. The number of imide groups is 1. The van der Waals surface area contributed by atoms with Crippen LogP contribution in [-0.4, -0.2) is 49.2 Å². The average molecular weight is 496 g/mol. The Morgan fingerprint density at radius 3 is 2.49 bits per heavy atom. The molecule has 0 radical (unpaired) electrons. The van der Waals surface area contributed by atoms with Gasteiger partial charge in [-0.15, -0.1) is 0 Å². The number of rotatable bonds is 4. The van der Waals surface area contributed by atoms with Gasteiger partial charge >= 0.3 is 6.03 Å². The molecule has 1 saturated heterocycles. The molecule has 0 bridgehead atoms. The van der Waals surface area contributed by atoms with Crippen LogP contribution in [0.15, 0.2) is 77.9 Å². The predicted octanol–water partition coefficient (Wildman–Crippen LogP) is 2.97. The molecule has 186 valence electrons. The number of ether oxygens (including phenoxy) is 1. The number of fused-ring (bicyclic) bond motifs is 1. The minimum Gasteiger partial charge on any atom is -0.497 e. The summed E-state index contributed by atoms with van der Waals surface area (Å²) >= 11 is 0. The third-order valence-electron chi connectivity index (χ3n) is 5.53. The molecule has 4 amide bonds. The Morgan fingerprint density at radius 2 is 1.81 bits per heavy atom. The summed E-state index contributed by atoms with van der Waals surface area (Å²) in [4.78, 5) is 35.6. The summed E-state index contributed by atoms with van der Waals surface area (Å²) in [5.74, 6) is 5.97. The zero-order valence-corrected chi connectivity index (χ0v) is 20.3. The van der Waals surface area contributed by atoms with Crippen molar-refractivity contribution >= 4 is 29.7 Å². The van der Waals surface area contributed by atoms with Gasteiger partial charge in [0.1, 0.15) is 5.75 Å². The lowest BCUT2D eigenvalue weighted by molar-refractivity contribution is -0.119. The number of carbonyl (C=O) groups is 3. The van der Waals surface area contributed by atoms with Crippen molar-refractivity contribution < 1.29 is 19.1 Å². The summed E-state index contributed by atoms with van der Waals surface area (Å²) in [6, 6.07) is 21.3. The molecule has 1 fully saturated rings. The minimum atomic E-state index is -0.797. The molecule has 3 aromatic carbocycles. The Labute approximate surface area is 214 Å². The van der Waals surface area contributed by atoms with Crippen LogP contribution in [0, 0.1) is 11.8 Å². The van der Waals surface area contributed by atoms with E-state index in [1.807, 2.05) is 66.7 Å². The first kappa shape index (κ1) is 25.0. The number of methoxy groups -OCH3 is 1. The Balaban J connectivity index is 0.000000207. The number of benzene rings is 3. The summed E-state index contributed by atoms with van der Waals surface area (Å²) < 4.78 is 5.05. The van der Waals surface area contributed by atoms with E-state index in [4.69, 9.17) is 4.74 Å². The van der Waals surface area contributed by atoms with Gasteiger partial charge in [0.25, 0.3) is 11.8 Å². The van der Waals surface area contributed by atoms with Crippen LogP contribution < -0.4 is 20.8 Å². The average Bonchev–Trinajstić information content (AvgIpc) is 3.40. The number of anilines is 1. The second-order valence-corrected chi connectivity index (χ2v) is 8.21. The standard InChI is InChI=1S/C18H14N4O2.C10H11NO2/c23-17-16(20-18(24)21-17)11-10-13-6-8-14(9-7-13)12-19-22-15-4-2-1-3-5-15;1-11-6-7-3-4-8(13-2)5-9(7)10(11)12/h1-9,12,16,22H,(H2,20,21,23,24);3-5H,6H2,1-2H3/b19-12-;. The van der Waals surface area contributed by atoms with Gasteiger partial charge in [-0.1, -0.05) is 48.2 Å². The van der Waals surface area contributed by atoms with Gasteiger partial charge in [0, 0.05) is 24.7 Å². The second-order valence-electron chi connectivity index (χ2n) is 8.21. The number of nitrogens with zero attached hydrogens (tertiary/aromatic N) is 2. The van der Waals surface area contributed by atoms with Gasteiger partial charge in [-0.2, -0.15) is 5.10 Å². The largest absolute Gasteiger partial charge is 0.497 e. The van der Waals surface area contributed by atoms with Crippen molar-refractivity contribution in [1.82, 2.24) is 15.5 Å². The van der Waals surface area contributed by atoms with E-state index in [1.165, 1.54) is 0 Å². The Bertz CT molecular complexity index is 1390. The predicted molar refractivity (Wildman–Crippen MR) is 140 cm³/mol. The van der Waals surface area contributed by atoms with Gasteiger partial charge in [-0.3, -0.25) is 20.3 Å². The number of hydrogen-bond acceptors (Lipinski definition) is 6. The van der Waals surface area contributed by atoms with E-state index in [0.29, 0.717) is 6.54 Å². The molecule has 9 nitrogen and oxygen atoms in total. The fourth-order valence-corrected chi connectivity index (χ4v) is 3.57. The van der Waals surface area contributed by atoms with E-state index < -0.39 is 18.0 Å². The van der Waals surface area contributed by atoms with E-state index in [1.54, 1.807) is 31.3 Å². The zero-order chi connectivity index (χ0) is 26.2. The Morgan fingerprint density at radius 1 is 1.05 bits per heavy atom. The van der Waals surface area contributed by atoms with Gasteiger partial charge in [0.2, 0.25) is 0 Å². The zero-order valence-electron chi connectivity index (χ0n) is 20.3. The SMILES string of the molecule is COc1ccc2c(c1)C(=O)N(C)C2.O=C1NC(=O)C(C#Cc2ccc(/C=N\Nc3ccccc3)cc2)N1. The normalized spacial score (nSPS) is 15.7. The number of hydrazone groups is 1. The monoisotopic (exact) mass is 495 g/mol. The van der Waals surface area contributed by atoms with Crippen molar-refractivity contribution in [3.63, 3.8) is 0 Å². The number of carbonyl (C=O) groups excluding carboxylic acids is 3. The van der Waals surface area contributed by atoms with Gasteiger partial charge in [-0.05, 0) is 47.5 Å². The topological polar surface area (TPSA) is 112 Å². The van der Waals surface area contributed by atoms with E-state index in [-0.39, 0.29) is 5.91 Å². The van der Waals surface area contributed by atoms with Gasteiger partial charge in [0.15, 0.2) is 6.04 Å². The number of amides is 4. The molecule has 3 aromatic rings. The van der Waals surface area contributed by atoms with Gasteiger partial charge in [0.05, 0.1) is 19.0 Å². The minimum absolute atomic E-state index is 0.0777. The number of urea groups is 1. The highest BCUT2D eigenvalue weighted by Crippen LogP contribution is 2.25. The van der Waals surface area contributed by atoms with Gasteiger partial charge < -0.3 is 15.0 Å². The molecule has 2 heterocycles. The molecule has 37 heavy (non-hydrogen) atoms. The van der Waals surface area contributed by atoms with Crippen LogP contribution in [0.25, 0.3) is 0 Å². The molecule has 5 rings (SSSR count). The lowest BCUT2D eigenvalue weighted by Gasteiger charge is -2.04. The van der Waals surface area contributed by atoms with Gasteiger partial charge in [-0.25, -0.2) is 4.79 Å². The van der Waals surface area contributed by atoms with Crippen LogP contribution in [0.3, 0.4) is 0 Å². The molecule has 0 spiro atoms. The molecular weight excluding hydrogens is 470 g/mol. The first-order valence-electron chi connectivity index (χ1n) is 11.4. The van der Waals surface area contributed by atoms with E-state index in [9.17, 15) is 14.4 Å². The second kappa shape index (κ2) is 11.6. The first-order chi connectivity index (χ1) is 17.9. The fourth-order valence-electron chi connectivity index (χ4n) is 3.57. The highest BCUT2D eigenvalue weighted by atomic mass is 16.5. The summed E-state index contributed by atoms with van der Waals surface area (Å²) in [6.45, 7) is 0.707. The molecule has 1 atom stereocenters. The van der Waals surface area contributed by atoms with Crippen LogP contribution in [0.5, 0.6) is 5.75 Å². The fraction of sp³-hybridized carbons (Fsp3) is 0.143. The third kappa shape index (κ3) is 6.52. The van der Waals surface area contributed by atoms with Crippen LogP contribution >= 0.6 is 0 Å². The van der Waals surface area contributed by atoms with Crippen molar-refractivity contribution in [2.24, 2.45) is 5.10 Å². The molecule has 3 N–H and O–H groups in total. The number of hydrogen-bond donors (Lipinski definition) is 3. The van der Waals surface area contributed by atoms with E-state index >= 15 is 0 Å². The highest BCUT2D eigenvalue weighted by Gasteiger charge is 2.27. The van der Waals surface area contributed by atoms with Crippen molar-refractivity contribution in [3.05, 3.63) is 95.1 Å². The molecule has 0 aromatic heterocycles. The Hall–Kier alpha value is -5.10. The lowest BCUT2D eigenvalue weighted by atomic mass is 10.1. The van der Waals surface area contributed by atoms with Crippen LogP contribution in [0.1, 0.15) is 27.0 Å². The molecule has 1 unspecified atom stereocenters. The first-order valence-corrected chi connectivity index (χ1v) is 11.4. The molecule has 2 aliphatic heterocycles. The van der Waals surface area contributed by atoms with Crippen LogP contribution in [0.4, 0.5) is 10.5 Å². The quantitative estimate of drug-likeness (QED) is 0.223. The van der Waals surface area contributed by atoms with E-state index in [0.717, 1.165) is 33.7 Å². The van der Waals surface area contributed by atoms with Crippen molar-refractivity contribution in [3.8, 4) is 17.6 Å². The summed E-state index contributed by atoms with van der Waals surface area (Å²) in [5.41, 5.74) is 7.35. The maximum Gasteiger partial charge on any atom is 0.322 e. The highest BCUT2D eigenvalue weighted by molar-refractivity contribution is 6.05. The number of para-hydroxylation sites is 1. The molecule has 9 heteroatoms.